The van der Waals surface area contributed by atoms with Crippen molar-refractivity contribution in [1.82, 2.24) is 0 Å². The molecule has 2 nitrogen and oxygen atoms in total. The fourth-order valence-corrected chi connectivity index (χ4v) is 4.17. The van der Waals surface area contributed by atoms with Gasteiger partial charge in [-0.2, -0.15) is 0 Å². The van der Waals surface area contributed by atoms with Crippen molar-refractivity contribution in [2.75, 3.05) is 0 Å². The van der Waals surface area contributed by atoms with Crippen LogP contribution in [-0.4, -0.2) is 0 Å². The quantitative estimate of drug-likeness (QED) is 0.292. The van der Waals surface area contributed by atoms with Gasteiger partial charge in [0.15, 0.2) is 0 Å². The van der Waals surface area contributed by atoms with Crippen LogP contribution in [0.1, 0.15) is 25.0 Å². The van der Waals surface area contributed by atoms with E-state index in [0.29, 0.717) is 21.9 Å². The van der Waals surface area contributed by atoms with E-state index < -0.39 is 0 Å². The molecule has 0 N–H and O–H groups in total. The molecular formula is C29H24O2. The predicted octanol–water partition coefficient (Wildman–Crippen LogP) is 7.41. The Kier molecular flexibility index (Phi) is 4.91. The third-order valence-corrected chi connectivity index (χ3v) is 6.05. The highest BCUT2D eigenvalue weighted by Gasteiger charge is 2.15. The summed E-state index contributed by atoms with van der Waals surface area (Å²) >= 11 is 0. The number of hydrogen-bond donors (Lipinski definition) is 0. The lowest BCUT2D eigenvalue weighted by Crippen LogP contribution is -2.04. The zero-order valence-electron chi connectivity index (χ0n) is 17.8. The monoisotopic (exact) mass is 404 g/mol. The molecule has 2 heteroatoms. The van der Waals surface area contributed by atoms with Crippen LogP contribution in [-0.2, 0) is 12.8 Å². The first-order chi connectivity index (χ1) is 15.2. The molecule has 31 heavy (non-hydrogen) atoms. The van der Waals surface area contributed by atoms with E-state index in [4.69, 9.17) is 4.42 Å². The highest BCUT2D eigenvalue weighted by Crippen LogP contribution is 2.34. The predicted molar refractivity (Wildman–Crippen MR) is 130 cm³/mol. The maximum atomic E-state index is 13.5. The lowest BCUT2D eigenvalue weighted by molar-refractivity contribution is 0.660. The van der Waals surface area contributed by atoms with Crippen molar-refractivity contribution >= 4 is 21.9 Å². The molecule has 1 aromatic heterocycles. The molecular weight excluding hydrogens is 380 g/mol. The molecule has 0 amide bonds. The van der Waals surface area contributed by atoms with E-state index >= 15 is 0 Å². The summed E-state index contributed by atoms with van der Waals surface area (Å²) in [4.78, 5) is 13.5. The van der Waals surface area contributed by atoms with Crippen molar-refractivity contribution in [3.05, 3.63) is 106 Å². The summed E-state index contributed by atoms with van der Waals surface area (Å²) < 4.78 is 6.24. The Labute approximate surface area is 181 Å². The van der Waals surface area contributed by atoms with Crippen molar-refractivity contribution < 1.29 is 4.42 Å². The summed E-state index contributed by atoms with van der Waals surface area (Å²) in [5, 5.41) is 1.25. The van der Waals surface area contributed by atoms with Crippen LogP contribution in [0.25, 0.3) is 44.2 Å². The van der Waals surface area contributed by atoms with Crippen LogP contribution in [0.4, 0.5) is 0 Å². The van der Waals surface area contributed by atoms with Gasteiger partial charge in [0.1, 0.15) is 11.2 Å². The Morgan fingerprint density at radius 2 is 1.26 bits per heavy atom. The summed E-state index contributed by atoms with van der Waals surface area (Å²) in [7, 11) is 0. The smallest absolute Gasteiger partial charge is 0.201 e. The number of para-hydroxylation sites is 1. The van der Waals surface area contributed by atoms with Crippen molar-refractivity contribution in [3.63, 3.8) is 0 Å². The van der Waals surface area contributed by atoms with E-state index in [1.807, 2.05) is 30.3 Å². The van der Waals surface area contributed by atoms with E-state index in [2.05, 4.69) is 68.4 Å². The Morgan fingerprint density at radius 3 is 1.90 bits per heavy atom. The third kappa shape index (κ3) is 3.44. The topological polar surface area (TPSA) is 30.2 Å². The zero-order chi connectivity index (χ0) is 21.4. The van der Waals surface area contributed by atoms with Crippen molar-refractivity contribution in [2.45, 2.75) is 26.7 Å². The van der Waals surface area contributed by atoms with E-state index in [1.54, 1.807) is 0 Å². The van der Waals surface area contributed by atoms with Gasteiger partial charge in [-0.25, -0.2) is 0 Å². The first-order valence-electron chi connectivity index (χ1n) is 10.9. The van der Waals surface area contributed by atoms with Crippen LogP contribution >= 0.6 is 0 Å². The van der Waals surface area contributed by atoms with Gasteiger partial charge in [0.05, 0.1) is 10.8 Å². The van der Waals surface area contributed by atoms with E-state index in [1.165, 1.54) is 11.1 Å². The Morgan fingerprint density at radius 1 is 0.645 bits per heavy atom. The molecule has 0 radical (unpaired) electrons. The maximum absolute atomic E-state index is 13.5. The minimum absolute atomic E-state index is 0.0132. The molecule has 0 aliphatic rings. The summed E-state index contributed by atoms with van der Waals surface area (Å²) in [6.07, 6.45) is 1.99. The van der Waals surface area contributed by atoms with Crippen molar-refractivity contribution in [1.29, 1.82) is 0 Å². The molecule has 5 rings (SSSR count). The number of hydrogen-bond acceptors (Lipinski definition) is 2. The van der Waals surface area contributed by atoms with Gasteiger partial charge in [0, 0.05) is 0 Å². The minimum Gasteiger partial charge on any atom is -0.456 e. The van der Waals surface area contributed by atoms with Gasteiger partial charge in [-0.3, -0.25) is 4.79 Å². The van der Waals surface area contributed by atoms with E-state index in [-0.39, 0.29) is 5.43 Å². The van der Waals surface area contributed by atoms with Gasteiger partial charge >= 0.3 is 0 Å². The van der Waals surface area contributed by atoms with Gasteiger partial charge in [-0.15, -0.1) is 0 Å². The number of aryl methyl sites for hydroxylation is 2. The molecule has 0 saturated carbocycles. The second-order valence-electron chi connectivity index (χ2n) is 7.93. The summed E-state index contributed by atoms with van der Waals surface area (Å²) in [5.41, 5.74) is 7.92. The van der Waals surface area contributed by atoms with Gasteiger partial charge in [0.25, 0.3) is 0 Å². The Balaban J connectivity index is 1.83. The second kappa shape index (κ2) is 7.88. The number of benzene rings is 4. The second-order valence-corrected chi connectivity index (χ2v) is 7.93. The molecule has 152 valence electrons. The van der Waals surface area contributed by atoms with Crippen LogP contribution in [0.2, 0.25) is 0 Å². The van der Waals surface area contributed by atoms with E-state index in [9.17, 15) is 4.79 Å². The lowest BCUT2D eigenvalue weighted by atomic mass is 9.93. The third-order valence-electron chi connectivity index (χ3n) is 6.05. The largest absolute Gasteiger partial charge is 0.456 e. The molecule has 5 aromatic rings. The first kappa shape index (κ1) is 19.3. The van der Waals surface area contributed by atoms with Crippen LogP contribution in [0.5, 0.6) is 0 Å². The molecule has 0 aliphatic carbocycles. The number of fused-ring (bicyclic) bond motifs is 2. The molecule has 0 spiro atoms. The standard InChI is InChI=1S/C29H24O2/c1-3-19-9-13-21(14-10-19)23-17-25(22-15-11-20(4-2)12-16-22)28-27(18-23)31-26-8-6-5-7-24(26)29(28)30/h5-18H,3-4H2,1-2H3. The van der Waals surface area contributed by atoms with E-state index in [0.717, 1.165) is 35.1 Å². The van der Waals surface area contributed by atoms with Gasteiger partial charge in [-0.1, -0.05) is 74.5 Å². The van der Waals surface area contributed by atoms with Crippen LogP contribution in [0.15, 0.2) is 94.1 Å². The summed E-state index contributed by atoms with van der Waals surface area (Å²) in [6, 6.07) is 28.7. The molecule has 1 heterocycles. The average molecular weight is 405 g/mol. The number of rotatable bonds is 4. The highest BCUT2D eigenvalue weighted by molar-refractivity contribution is 6.01. The average Bonchev–Trinajstić information content (AvgIpc) is 2.83. The fourth-order valence-electron chi connectivity index (χ4n) is 4.17. The minimum atomic E-state index is 0.0132. The first-order valence-corrected chi connectivity index (χ1v) is 10.9. The Hall–Kier alpha value is -3.65. The molecule has 4 aromatic carbocycles. The van der Waals surface area contributed by atoms with Crippen LogP contribution in [0, 0.1) is 0 Å². The molecule has 0 aliphatic heterocycles. The molecule has 0 atom stereocenters. The summed E-state index contributed by atoms with van der Waals surface area (Å²) in [6.45, 7) is 4.30. The fraction of sp³-hybridized carbons (Fsp3) is 0.138. The lowest BCUT2D eigenvalue weighted by Gasteiger charge is -2.12. The van der Waals surface area contributed by atoms with Crippen LogP contribution < -0.4 is 5.43 Å². The van der Waals surface area contributed by atoms with Gasteiger partial charge in [-0.05, 0) is 70.5 Å². The maximum Gasteiger partial charge on any atom is 0.201 e. The highest BCUT2D eigenvalue weighted by atomic mass is 16.3. The SMILES string of the molecule is CCc1ccc(-c2cc(-c3ccc(CC)cc3)c3c(=O)c4ccccc4oc3c2)cc1. The zero-order valence-corrected chi connectivity index (χ0v) is 17.8. The van der Waals surface area contributed by atoms with Crippen molar-refractivity contribution in [2.24, 2.45) is 0 Å². The molecule has 0 unspecified atom stereocenters. The van der Waals surface area contributed by atoms with Crippen LogP contribution in [0.3, 0.4) is 0 Å². The molecule has 0 saturated heterocycles. The van der Waals surface area contributed by atoms with Gasteiger partial charge < -0.3 is 4.42 Å². The summed E-state index contributed by atoms with van der Waals surface area (Å²) in [5.74, 6) is 0. The van der Waals surface area contributed by atoms with Gasteiger partial charge in [0.2, 0.25) is 5.43 Å². The Bertz CT molecular complexity index is 1440. The molecule has 0 bridgehead atoms. The molecule has 0 fully saturated rings. The van der Waals surface area contributed by atoms with Crippen molar-refractivity contribution in [3.8, 4) is 22.3 Å². The normalized spacial score (nSPS) is 11.3.